The van der Waals surface area contributed by atoms with Crippen LogP contribution in [0.25, 0.3) is 10.9 Å². The molecule has 1 aromatic heterocycles. The SMILES string of the molecule is CC(C)OC(=O)C[C@@H](NC(=O)CCn1c(=S)[nH]c2ccccc2c1=O)c1ccccc1Cl. The minimum Gasteiger partial charge on any atom is -0.463 e. The Morgan fingerprint density at radius 3 is 2.56 bits per heavy atom. The van der Waals surface area contributed by atoms with Gasteiger partial charge in [0.1, 0.15) is 0 Å². The Bertz CT molecular complexity index is 1250. The van der Waals surface area contributed by atoms with Crippen LogP contribution in [0, 0.1) is 4.77 Å². The summed E-state index contributed by atoms with van der Waals surface area (Å²) in [5.74, 6) is -0.792. The van der Waals surface area contributed by atoms with Crippen LogP contribution in [0.5, 0.6) is 0 Å². The molecule has 0 saturated heterocycles. The third-order valence-corrected chi connectivity index (χ3v) is 5.47. The van der Waals surface area contributed by atoms with Crippen molar-refractivity contribution in [2.75, 3.05) is 0 Å². The van der Waals surface area contributed by atoms with Crippen molar-refractivity contribution in [1.82, 2.24) is 14.9 Å². The van der Waals surface area contributed by atoms with E-state index in [1.54, 1.807) is 56.3 Å². The summed E-state index contributed by atoms with van der Waals surface area (Å²) in [4.78, 5) is 40.8. The predicted octanol–water partition coefficient (Wildman–Crippen LogP) is 4.30. The van der Waals surface area contributed by atoms with E-state index in [0.29, 0.717) is 21.5 Å². The highest BCUT2D eigenvalue weighted by atomic mass is 35.5. The normalized spacial score (nSPS) is 12.0. The minimum atomic E-state index is -0.662. The lowest BCUT2D eigenvalue weighted by Crippen LogP contribution is -2.33. The number of carbonyl (C=O) groups is 2. The molecule has 1 heterocycles. The van der Waals surface area contributed by atoms with E-state index < -0.39 is 12.0 Å². The fourth-order valence-electron chi connectivity index (χ4n) is 3.36. The molecule has 0 aliphatic rings. The summed E-state index contributed by atoms with van der Waals surface area (Å²) in [6.07, 6.45) is -0.342. The van der Waals surface area contributed by atoms with Crippen LogP contribution in [-0.2, 0) is 20.9 Å². The zero-order valence-electron chi connectivity index (χ0n) is 17.8. The van der Waals surface area contributed by atoms with Gasteiger partial charge in [-0.2, -0.15) is 0 Å². The molecule has 0 aliphatic heterocycles. The van der Waals surface area contributed by atoms with Crippen LogP contribution in [0.4, 0.5) is 0 Å². The topological polar surface area (TPSA) is 93.2 Å². The third-order valence-electron chi connectivity index (χ3n) is 4.81. The van der Waals surface area contributed by atoms with Crippen LogP contribution in [0.15, 0.2) is 53.3 Å². The van der Waals surface area contributed by atoms with Gasteiger partial charge in [-0.25, -0.2) is 0 Å². The monoisotopic (exact) mass is 473 g/mol. The maximum absolute atomic E-state index is 12.8. The van der Waals surface area contributed by atoms with Crippen LogP contribution >= 0.6 is 23.8 Å². The zero-order valence-corrected chi connectivity index (χ0v) is 19.3. The highest BCUT2D eigenvalue weighted by Crippen LogP contribution is 2.25. The van der Waals surface area contributed by atoms with Gasteiger partial charge in [-0.15, -0.1) is 0 Å². The molecular formula is C23H24ClN3O4S. The first kappa shape index (κ1) is 23.7. The number of hydrogen-bond acceptors (Lipinski definition) is 5. The van der Waals surface area contributed by atoms with Gasteiger partial charge in [0.2, 0.25) is 5.91 Å². The van der Waals surface area contributed by atoms with E-state index in [0.717, 1.165) is 0 Å². The Balaban J connectivity index is 1.76. The molecular weight excluding hydrogens is 450 g/mol. The Morgan fingerprint density at radius 2 is 1.84 bits per heavy atom. The number of nitrogens with one attached hydrogen (secondary N) is 2. The molecule has 2 N–H and O–H groups in total. The molecule has 32 heavy (non-hydrogen) atoms. The molecule has 0 unspecified atom stereocenters. The smallest absolute Gasteiger partial charge is 0.308 e. The zero-order chi connectivity index (χ0) is 23.3. The van der Waals surface area contributed by atoms with Crippen molar-refractivity contribution in [1.29, 1.82) is 0 Å². The van der Waals surface area contributed by atoms with E-state index in [2.05, 4.69) is 10.3 Å². The van der Waals surface area contributed by atoms with E-state index in [1.807, 2.05) is 6.07 Å². The number of nitrogens with zero attached hydrogens (tertiary/aromatic N) is 1. The largest absolute Gasteiger partial charge is 0.463 e. The van der Waals surface area contributed by atoms with Gasteiger partial charge in [0.05, 0.1) is 29.5 Å². The summed E-state index contributed by atoms with van der Waals surface area (Å²) in [6, 6.07) is 13.4. The summed E-state index contributed by atoms with van der Waals surface area (Å²) in [7, 11) is 0. The number of rotatable bonds is 8. The Morgan fingerprint density at radius 1 is 1.16 bits per heavy atom. The van der Waals surface area contributed by atoms with Gasteiger partial charge in [-0.3, -0.25) is 19.0 Å². The fourth-order valence-corrected chi connectivity index (χ4v) is 3.91. The van der Waals surface area contributed by atoms with E-state index in [-0.39, 0.29) is 41.7 Å². The number of halogens is 1. The molecule has 0 saturated carbocycles. The molecule has 2 aromatic carbocycles. The molecule has 3 aromatic rings. The Labute approximate surface area is 195 Å². The van der Waals surface area contributed by atoms with Gasteiger partial charge in [-0.1, -0.05) is 41.9 Å². The first-order chi connectivity index (χ1) is 15.3. The molecule has 9 heteroatoms. The van der Waals surface area contributed by atoms with E-state index >= 15 is 0 Å². The molecule has 0 aliphatic carbocycles. The number of benzene rings is 2. The van der Waals surface area contributed by atoms with Crippen molar-refractivity contribution < 1.29 is 14.3 Å². The maximum atomic E-state index is 12.8. The molecule has 0 bridgehead atoms. The molecule has 168 valence electrons. The van der Waals surface area contributed by atoms with Crippen molar-refractivity contribution in [3.8, 4) is 0 Å². The second-order valence-electron chi connectivity index (χ2n) is 7.57. The maximum Gasteiger partial charge on any atom is 0.308 e. The van der Waals surface area contributed by atoms with Gasteiger partial charge in [0, 0.05) is 18.0 Å². The molecule has 1 amide bonds. The number of hydrogen-bond donors (Lipinski definition) is 2. The molecule has 0 spiro atoms. The summed E-state index contributed by atoms with van der Waals surface area (Å²) in [5.41, 5.74) is 0.995. The van der Waals surface area contributed by atoms with E-state index in [9.17, 15) is 14.4 Å². The summed E-state index contributed by atoms with van der Waals surface area (Å²) >= 11 is 11.6. The number of amides is 1. The summed E-state index contributed by atoms with van der Waals surface area (Å²) in [5, 5.41) is 3.77. The van der Waals surface area contributed by atoms with E-state index in [1.165, 1.54) is 4.57 Å². The van der Waals surface area contributed by atoms with Crippen molar-refractivity contribution in [2.24, 2.45) is 0 Å². The average molecular weight is 474 g/mol. The highest BCUT2D eigenvalue weighted by molar-refractivity contribution is 7.71. The van der Waals surface area contributed by atoms with Gasteiger partial charge in [0.25, 0.3) is 5.56 Å². The Hall–Kier alpha value is -2.97. The van der Waals surface area contributed by atoms with Gasteiger partial charge in [-0.05, 0) is 49.8 Å². The van der Waals surface area contributed by atoms with Gasteiger partial charge in [0.15, 0.2) is 4.77 Å². The average Bonchev–Trinajstić information content (AvgIpc) is 2.73. The van der Waals surface area contributed by atoms with E-state index in [4.69, 9.17) is 28.6 Å². The van der Waals surface area contributed by atoms with Crippen molar-refractivity contribution in [2.45, 2.75) is 45.4 Å². The first-order valence-corrected chi connectivity index (χ1v) is 11.0. The summed E-state index contributed by atoms with van der Waals surface area (Å²) in [6.45, 7) is 3.61. The first-order valence-electron chi connectivity index (χ1n) is 10.2. The molecule has 3 rings (SSSR count). The fraction of sp³-hybridized carbons (Fsp3) is 0.304. The standard InChI is InChI=1S/C23H24ClN3O4S/c1-14(2)31-21(29)13-19(15-7-3-5-9-17(15)24)25-20(28)11-12-27-22(30)16-8-4-6-10-18(16)26-23(27)32/h3-10,14,19H,11-13H2,1-2H3,(H,25,28)(H,26,32)/t19-/m1/s1. The van der Waals surface area contributed by atoms with Crippen molar-refractivity contribution in [3.05, 3.63) is 74.2 Å². The second-order valence-corrected chi connectivity index (χ2v) is 8.36. The molecule has 1 atom stereocenters. The molecule has 7 nitrogen and oxygen atoms in total. The third kappa shape index (κ3) is 5.83. The number of aromatic amines is 1. The van der Waals surface area contributed by atoms with Crippen molar-refractivity contribution in [3.63, 3.8) is 0 Å². The van der Waals surface area contributed by atoms with Gasteiger partial charge >= 0.3 is 5.97 Å². The van der Waals surface area contributed by atoms with Crippen LogP contribution in [-0.4, -0.2) is 27.5 Å². The number of ether oxygens (including phenoxy) is 1. The molecule has 0 radical (unpaired) electrons. The number of esters is 1. The van der Waals surface area contributed by atoms with Crippen molar-refractivity contribution >= 4 is 46.6 Å². The lowest BCUT2D eigenvalue weighted by molar-refractivity contribution is -0.148. The lowest BCUT2D eigenvalue weighted by atomic mass is 10.0. The number of fused-ring (bicyclic) bond motifs is 1. The second kappa shape index (κ2) is 10.6. The number of para-hydroxylation sites is 1. The molecule has 0 fully saturated rings. The van der Waals surface area contributed by atoms with Crippen LogP contribution < -0.4 is 10.9 Å². The highest BCUT2D eigenvalue weighted by Gasteiger charge is 2.22. The Kier molecular flexibility index (Phi) is 7.82. The summed E-state index contributed by atoms with van der Waals surface area (Å²) < 4.78 is 6.82. The van der Waals surface area contributed by atoms with Crippen LogP contribution in [0.1, 0.15) is 38.3 Å². The van der Waals surface area contributed by atoms with Crippen LogP contribution in [0.2, 0.25) is 5.02 Å². The number of H-pyrrole nitrogens is 1. The minimum absolute atomic E-state index is 0.00406. The number of carbonyl (C=O) groups excluding carboxylic acids is 2. The van der Waals surface area contributed by atoms with Crippen LogP contribution in [0.3, 0.4) is 0 Å². The predicted molar refractivity (Wildman–Crippen MR) is 126 cm³/mol. The lowest BCUT2D eigenvalue weighted by Gasteiger charge is -2.20. The number of aromatic nitrogens is 2. The quantitative estimate of drug-likeness (QED) is 0.376. The van der Waals surface area contributed by atoms with Gasteiger partial charge < -0.3 is 15.0 Å².